The van der Waals surface area contributed by atoms with Gasteiger partial charge in [0.05, 0.1) is 0 Å². The maximum absolute atomic E-state index is 6.07. The van der Waals surface area contributed by atoms with E-state index < -0.39 is 0 Å². The van der Waals surface area contributed by atoms with Crippen LogP contribution in [0.5, 0.6) is 5.75 Å². The summed E-state index contributed by atoms with van der Waals surface area (Å²) in [6.45, 7) is 5.57. The van der Waals surface area contributed by atoms with Crippen LogP contribution >= 0.6 is 38.9 Å². The maximum atomic E-state index is 6.07. The van der Waals surface area contributed by atoms with Gasteiger partial charge in [-0.25, -0.2) is 0 Å². The predicted octanol–water partition coefficient (Wildman–Crippen LogP) is 5.24. The first-order chi connectivity index (χ1) is 9.54. The van der Waals surface area contributed by atoms with E-state index in [-0.39, 0.29) is 0 Å². The second-order valence-electron chi connectivity index (χ2n) is 4.81. The van der Waals surface area contributed by atoms with Crippen molar-refractivity contribution in [2.45, 2.75) is 33.0 Å². The van der Waals surface area contributed by atoms with E-state index in [9.17, 15) is 0 Å². The number of hydrogen-bond donors (Lipinski definition) is 1. The summed E-state index contributed by atoms with van der Waals surface area (Å²) in [4.78, 5) is 1.19. The van der Waals surface area contributed by atoms with Crippen molar-refractivity contribution in [3.63, 3.8) is 0 Å². The lowest BCUT2D eigenvalue weighted by atomic mass is 10.2. The number of halogens is 2. The van der Waals surface area contributed by atoms with Crippen LogP contribution in [0.1, 0.15) is 24.3 Å². The van der Waals surface area contributed by atoms with Crippen LogP contribution in [-0.4, -0.2) is 6.04 Å². The minimum absolute atomic E-state index is 0.426. The summed E-state index contributed by atoms with van der Waals surface area (Å²) in [6.07, 6.45) is 0. The molecular weight excluding hydrogens is 358 g/mol. The molecule has 2 aromatic rings. The van der Waals surface area contributed by atoms with Crippen molar-refractivity contribution in [2.24, 2.45) is 0 Å². The molecule has 1 N–H and O–H groups in total. The topological polar surface area (TPSA) is 21.3 Å². The third kappa shape index (κ3) is 4.77. The van der Waals surface area contributed by atoms with Crippen LogP contribution < -0.4 is 10.1 Å². The fraction of sp³-hybridized carbons (Fsp3) is 0.333. The molecule has 0 aliphatic rings. The molecule has 2 nitrogen and oxygen atoms in total. The van der Waals surface area contributed by atoms with Crippen molar-refractivity contribution in [1.29, 1.82) is 0 Å². The average Bonchev–Trinajstić information content (AvgIpc) is 2.81. The number of thiophene rings is 1. The zero-order chi connectivity index (χ0) is 14.5. The van der Waals surface area contributed by atoms with Crippen LogP contribution in [0.2, 0.25) is 5.02 Å². The van der Waals surface area contributed by atoms with Gasteiger partial charge < -0.3 is 10.1 Å². The Bertz CT molecular complexity index is 571. The van der Waals surface area contributed by atoms with Crippen molar-refractivity contribution in [3.8, 4) is 5.75 Å². The van der Waals surface area contributed by atoms with E-state index in [4.69, 9.17) is 16.3 Å². The summed E-state index contributed by atoms with van der Waals surface area (Å²) in [5.41, 5.74) is 1.09. The van der Waals surface area contributed by atoms with E-state index in [0.717, 1.165) is 27.4 Å². The van der Waals surface area contributed by atoms with Gasteiger partial charge in [0.25, 0.3) is 0 Å². The summed E-state index contributed by atoms with van der Waals surface area (Å²) in [5, 5.41) is 6.18. The van der Waals surface area contributed by atoms with E-state index in [1.165, 1.54) is 4.88 Å². The van der Waals surface area contributed by atoms with E-state index in [2.05, 4.69) is 46.5 Å². The largest absolute Gasteiger partial charge is 0.488 e. The van der Waals surface area contributed by atoms with Gasteiger partial charge in [0, 0.05) is 37.9 Å². The molecular formula is C15H17BrClNOS. The zero-order valence-corrected chi connectivity index (χ0v) is 14.6. The molecule has 0 saturated heterocycles. The third-order valence-corrected chi connectivity index (χ3v) is 4.62. The lowest BCUT2D eigenvalue weighted by Crippen LogP contribution is -2.22. The summed E-state index contributed by atoms with van der Waals surface area (Å²) < 4.78 is 7.01. The number of nitrogens with one attached hydrogen (secondary N) is 1. The van der Waals surface area contributed by atoms with Crippen molar-refractivity contribution in [3.05, 3.63) is 49.6 Å². The van der Waals surface area contributed by atoms with E-state index in [0.29, 0.717) is 12.6 Å². The first-order valence-electron chi connectivity index (χ1n) is 6.42. The molecule has 0 unspecified atom stereocenters. The Balaban J connectivity index is 2.05. The highest BCUT2D eigenvalue weighted by atomic mass is 79.9. The SMILES string of the molecule is CC(C)NCc1cc(Cl)ccc1OCc1cc(Br)cs1. The molecule has 1 heterocycles. The second-order valence-corrected chi connectivity index (χ2v) is 7.16. The Kier molecular flexibility index (Phi) is 5.90. The molecule has 0 saturated carbocycles. The van der Waals surface area contributed by atoms with Crippen molar-refractivity contribution in [2.75, 3.05) is 0 Å². The van der Waals surface area contributed by atoms with Crippen LogP contribution in [-0.2, 0) is 13.2 Å². The van der Waals surface area contributed by atoms with E-state index >= 15 is 0 Å². The minimum atomic E-state index is 0.426. The van der Waals surface area contributed by atoms with Crippen molar-refractivity contribution in [1.82, 2.24) is 5.32 Å². The van der Waals surface area contributed by atoms with Gasteiger partial charge in [-0.2, -0.15) is 0 Å². The van der Waals surface area contributed by atoms with Crippen LogP contribution in [0.3, 0.4) is 0 Å². The first-order valence-corrected chi connectivity index (χ1v) is 8.47. The summed E-state index contributed by atoms with van der Waals surface area (Å²) in [6, 6.07) is 8.25. The van der Waals surface area contributed by atoms with Gasteiger partial charge in [-0.3, -0.25) is 0 Å². The molecule has 0 fully saturated rings. The Hall–Kier alpha value is -0.550. The van der Waals surface area contributed by atoms with E-state index in [1.54, 1.807) is 11.3 Å². The van der Waals surface area contributed by atoms with Crippen LogP contribution in [0, 0.1) is 0 Å². The normalized spacial score (nSPS) is 11.1. The fourth-order valence-electron chi connectivity index (χ4n) is 1.72. The van der Waals surface area contributed by atoms with Crippen molar-refractivity contribution >= 4 is 38.9 Å². The lowest BCUT2D eigenvalue weighted by molar-refractivity contribution is 0.305. The molecule has 0 radical (unpaired) electrons. The quantitative estimate of drug-likeness (QED) is 0.746. The number of ether oxygens (including phenoxy) is 1. The molecule has 0 aliphatic heterocycles. The standard InChI is InChI=1S/C15H17BrClNOS/c1-10(2)18-7-11-5-13(17)3-4-15(11)19-8-14-6-12(16)9-20-14/h3-6,9-10,18H,7-8H2,1-2H3. The second kappa shape index (κ2) is 7.46. The maximum Gasteiger partial charge on any atom is 0.124 e. The molecule has 5 heteroatoms. The highest BCUT2D eigenvalue weighted by molar-refractivity contribution is 9.10. The molecule has 1 aromatic carbocycles. The molecule has 0 bridgehead atoms. The van der Waals surface area contributed by atoms with Crippen LogP contribution in [0.15, 0.2) is 34.1 Å². The smallest absolute Gasteiger partial charge is 0.124 e. The Morgan fingerprint density at radius 1 is 1.35 bits per heavy atom. The molecule has 0 aliphatic carbocycles. The summed E-state index contributed by atoms with van der Waals surface area (Å²) in [5.74, 6) is 0.882. The molecule has 1 aromatic heterocycles. The van der Waals surface area contributed by atoms with E-state index in [1.807, 2.05) is 18.2 Å². The zero-order valence-electron chi connectivity index (χ0n) is 11.5. The van der Waals surface area contributed by atoms with Gasteiger partial charge >= 0.3 is 0 Å². The highest BCUT2D eigenvalue weighted by Gasteiger charge is 2.07. The van der Waals surface area contributed by atoms with Crippen molar-refractivity contribution < 1.29 is 4.74 Å². The molecule has 2 rings (SSSR count). The lowest BCUT2D eigenvalue weighted by Gasteiger charge is -2.13. The predicted molar refractivity (Wildman–Crippen MR) is 89.8 cm³/mol. The number of hydrogen-bond acceptors (Lipinski definition) is 3. The highest BCUT2D eigenvalue weighted by Crippen LogP contribution is 2.26. The van der Waals surface area contributed by atoms with Gasteiger partial charge in [-0.15, -0.1) is 11.3 Å². The molecule has 20 heavy (non-hydrogen) atoms. The first kappa shape index (κ1) is 15.8. The van der Waals surface area contributed by atoms with Crippen LogP contribution in [0.4, 0.5) is 0 Å². The molecule has 108 valence electrons. The Morgan fingerprint density at radius 3 is 2.80 bits per heavy atom. The van der Waals surface area contributed by atoms with Gasteiger partial charge in [-0.05, 0) is 40.2 Å². The van der Waals surface area contributed by atoms with Crippen LogP contribution in [0.25, 0.3) is 0 Å². The van der Waals surface area contributed by atoms with Gasteiger partial charge in [0.2, 0.25) is 0 Å². The molecule has 0 amide bonds. The van der Waals surface area contributed by atoms with Gasteiger partial charge in [0.1, 0.15) is 12.4 Å². The number of benzene rings is 1. The fourth-order valence-corrected chi connectivity index (χ4v) is 3.28. The summed E-state index contributed by atoms with van der Waals surface area (Å²) in [7, 11) is 0. The monoisotopic (exact) mass is 373 g/mol. The Morgan fingerprint density at radius 2 is 2.15 bits per heavy atom. The minimum Gasteiger partial charge on any atom is -0.488 e. The average molecular weight is 375 g/mol. The summed E-state index contributed by atoms with van der Waals surface area (Å²) >= 11 is 11.2. The molecule has 0 atom stereocenters. The number of rotatable bonds is 6. The third-order valence-electron chi connectivity index (χ3n) is 2.71. The molecule has 0 spiro atoms. The van der Waals surface area contributed by atoms with Gasteiger partial charge in [-0.1, -0.05) is 25.4 Å². The van der Waals surface area contributed by atoms with Gasteiger partial charge in [0.15, 0.2) is 0 Å². The Labute approximate surface area is 137 Å².